The molecule has 0 amide bonds. The van der Waals surface area contributed by atoms with Gasteiger partial charge in [-0.1, -0.05) is 23.7 Å². The number of benzene rings is 2. The fraction of sp³-hybridized carbons (Fsp3) is 0.0526. The Balaban J connectivity index is 2.13. The summed E-state index contributed by atoms with van der Waals surface area (Å²) in [5.41, 5.74) is 1.69. The summed E-state index contributed by atoms with van der Waals surface area (Å²) in [6.45, 7) is 0. The molecule has 5 nitrogen and oxygen atoms in total. The summed E-state index contributed by atoms with van der Waals surface area (Å²) in [6, 6.07) is 14.1. The molecule has 2 aromatic heterocycles. The molecule has 0 aliphatic carbocycles. The maximum atomic E-state index is 12.6. The second-order valence-corrected chi connectivity index (χ2v) is 6.13. The molecule has 4 rings (SSSR count). The summed E-state index contributed by atoms with van der Waals surface area (Å²) in [4.78, 5) is 26.7. The number of pyridine rings is 1. The minimum atomic E-state index is -1.04. The number of halogens is 1. The van der Waals surface area contributed by atoms with Gasteiger partial charge in [-0.05, 0) is 36.4 Å². The maximum absolute atomic E-state index is 12.6. The quantitative estimate of drug-likeness (QED) is 0.577. The molecule has 0 spiro atoms. The Morgan fingerprint density at radius 2 is 1.84 bits per heavy atom. The molecule has 0 atom stereocenters. The van der Waals surface area contributed by atoms with E-state index >= 15 is 0 Å². The molecule has 0 aliphatic rings. The lowest BCUT2D eigenvalue weighted by atomic mass is 10.0. The average Bonchev–Trinajstić information content (AvgIpc) is 2.95. The zero-order valence-corrected chi connectivity index (χ0v) is 13.6. The summed E-state index contributed by atoms with van der Waals surface area (Å²) in [6.07, 6.45) is -0.313. The van der Waals surface area contributed by atoms with Crippen LogP contribution in [-0.4, -0.2) is 16.1 Å². The van der Waals surface area contributed by atoms with E-state index in [0.29, 0.717) is 33.0 Å². The molecule has 2 heterocycles. The molecule has 2 N–H and O–H groups in total. The molecule has 25 heavy (non-hydrogen) atoms. The van der Waals surface area contributed by atoms with E-state index in [1.54, 1.807) is 30.3 Å². The molecule has 0 bridgehead atoms. The first-order chi connectivity index (χ1) is 12.0. The Bertz CT molecular complexity index is 1170. The van der Waals surface area contributed by atoms with Crippen LogP contribution >= 0.6 is 11.6 Å². The fourth-order valence-corrected chi connectivity index (χ4v) is 3.15. The van der Waals surface area contributed by atoms with Crippen LogP contribution in [-0.2, 0) is 11.2 Å². The highest BCUT2D eigenvalue weighted by atomic mass is 35.5. The number of nitrogens with one attached hydrogen (secondary N) is 1. The van der Waals surface area contributed by atoms with Crippen LogP contribution in [0.15, 0.2) is 57.7 Å². The Hall–Kier alpha value is -3.05. The second kappa shape index (κ2) is 5.79. The normalized spacial score (nSPS) is 11.2. The van der Waals surface area contributed by atoms with Gasteiger partial charge in [0.2, 0.25) is 0 Å². The smallest absolute Gasteiger partial charge is 0.307 e. The number of hydrogen-bond donors (Lipinski definition) is 2. The number of carboxylic acid groups (broad SMARTS) is 1. The van der Waals surface area contributed by atoms with Gasteiger partial charge in [-0.25, -0.2) is 0 Å². The van der Waals surface area contributed by atoms with E-state index in [1.807, 2.05) is 18.2 Å². The lowest BCUT2D eigenvalue weighted by Gasteiger charge is -2.01. The fourth-order valence-electron chi connectivity index (χ4n) is 3.02. The maximum Gasteiger partial charge on any atom is 0.307 e. The largest absolute Gasteiger partial charge is 0.481 e. The van der Waals surface area contributed by atoms with Crippen molar-refractivity contribution in [3.63, 3.8) is 0 Å². The van der Waals surface area contributed by atoms with Gasteiger partial charge in [-0.15, -0.1) is 0 Å². The van der Waals surface area contributed by atoms with E-state index < -0.39 is 5.97 Å². The number of aromatic nitrogens is 1. The van der Waals surface area contributed by atoms with Crippen molar-refractivity contribution in [1.29, 1.82) is 0 Å². The number of aromatic amines is 1. The molecular formula is C19H12ClNO4. The molecule has 4 aromatic rings. The minimum absolute atomic E-state index is 0.269. The first-order valence-electron chi connectivity index (χ1n) is 7.58. The first kappa shape index (κ1) is 15.5. The number of carboxylic acids is 1. The monoisotopic (exact) mass is 353 g/mol. The van der Waals surface area contributed by atoms with Crippen LogP contribution in [0.2, 0.25) is 5.02 Å². The van der Waals surface area contributed by atoms with E-state index in [2.05, 4.69) is 4.98 Å². The Morgan fingerprint density at radius 3 is 2.56 bits per heavy atom. The van der Waals surface area contributed by atoms with Gasteiger partial charge >= 0.3 is 5.97 Å². The van der Waals surface area contributed by atoms with Crippen molar-refractivity contribution >= 4 is 39.4 Å². The van der Waals surface area contributed by atoms with Crippen LogP contribution < -0.4 is 5.56 Å². The van der Waals surface area contributed by atoms with Gasteiger partial charge in [-0.3, -0.25) is 9.59 Å². The third kappa shape index (κ3) is 2.58. The van der Waals surface area contributed by atoms with Gasteiger partial charge in [0, 0.05) is 21.5 Å². The number of carbonyl (C=O) groups is 1. The van der Waals surface area contributed by atoms with Crippen LogP contribution in [0.25, 0.3) is 33.2 Å². The number of aliphatic carboxylic acids is 1. The van der Waals surface area contributed by atoms with Crippen molar-refractivity contribution in [1.82, 2.24) is 4.98 Å². The van der Waals surface area contributed by atoms with Gasteiger partial charge in [-0.2, -0.15) is 0 Å². The second-order valence-electron chi connectivity index (χ2n) is 5.69. The third-order valence-electron chi connectivity index (χ3n) is 4.09. The lowest BCUT2D eigenvalue weighted by molar-refractivity contribution is -0.136. The predicted molar refractivity (Wildman–Crippen MR) is 96.1 cm³/mol. The number of rotatable bonds is 3. The van der Waals surface area contributed by atoms with Crippen LogP contribution in [0, 0.1) is 0 Å². The summed E-state index contributed by atoms with van der Waals surface area (Å²) < 4.78 is 5.99. The summed E-state index contributed by atoms with van der Waals surface area (Å²) in [7, 11) is 0. The van der Waals surface area contributed by atoms with Crippen molar-refractivity contribution in [2.24, 2.45) is 0 Å². The first-order valence-corrected chi connectivity index (χ1v) is 7.96. The Labute approximate surface area is 146 Å². The van der Waals surface area contributed by atoms with Gasteiger partial charge in [0.05, 0.1) is 17.3 Å². The SMILES string of the molecule is O=C(O)Cc1c(-c2ccc(Cl)cc2)oc2c1c(=O)[nH]c1ccccc12. The van der Waals surface area contributed by atoms with Gasteiger partial charge in [0.15, 0.2) is 0 Å². The van der Waals surface area contributed by atoms with E-state index in [-0.39, 0.29) is 17.4 Å². The molecule has 2 aromatic carbocycles. The number of para-hydroxylation sites is 1. The van der Waals surface area contributed by atoms with Crippen molar-refractivity contribution in [2.45, 2.75) is 6.42 Å². The average molecular weight is 354 g/mol. The van der Waals surface area contributed by atoms with Crippen molar-refractivity contribution in [2.75, 3.05) is 0 Å². The van der Waals surface area contributed by atoms with Crippen LogP contribution in [0.1, 0.15) is 5.56 Å². The van der Waals surface area contributed by atoms with Gasteiger partial charge in [0.1, 0.15) is 11.3 Å². The molecule has 0 unspecified atom stereocenters. The van der Waals surface area contributed by atoms with Crippen molar-refractivity contribution in [3.8, 4) is 11.3 Å². The van der Waals surface area contributed by atoms with Crippen LogP contribution in [0.4, 0.5) is 0 Å². The topological polar surface area (TPSA) is 83.3 Å². The molecule has 0 radical (unpaired) electrons. The van der Waals surface area contributed by atoms with E-state index in [9.17, 15) is 14.7 Å². The molecule has 0 aliphatic heterocycles. The standard InChI is InChI=1S/C19H12ClNO4/c20-11-7-5-10(6-8-11)17-13(9-15(22)23)16-18(25-17)12-3-1-2-4-14(12)21-19(16)24/h1-8H,9H2,(H,21,24)(H,22,23). The highest BCUT2D eigenvalue weighted by molar-refractivity contribution is 6.30. The zero-order chi connectivity index (χ0) is 17.6. The van der Waals surface area contributed by atoms with Gasteiger partial charge in [0.25, 0.3) is 5.56 Å². The summed E-state index contributed by atoms with van der Waals surface area (Å²) in [5.74, 6) is -0.665. The number of H-pyrrole nitrogens is 1. The molecule has 0 saturated heterocycles. The van der Waals surface area contributed by atoms with Crippen LogP contribution in [0.5, 0.6) is 0 Å². The highest BCUT2D eigenvalue weighted by Gasteiger charge is 2.22. The predicted octanol–water partition coefficient (Wildman–Crippen LogP) is 4.22. The molecule has 124 valence electrons. The molecule has 0 saturated carbocycles. The van der Waals surface area contributed by atoms with Crippen molar-refractivity contribution < 1.29 is 14.3 Å². The number of fused-ring (bicyclic) bond motifs is 3. The number of hydrogen-bond acceptors (Lipinski definition) is 3. The third-order valence-corrected chi connectivity index (χ3v) is 4.34. The zero-order valence-electron chi connectivity index (χ0n) is 12.9. The number of furan rings is 1. The summed E-state index contributed by atoms with van der Waals surface area (Å²) >= 11 is 5.93. The van der Waals surface area contributed by atoms with E-state index in [4.69, 9.17) is 16.0 Å². The lowest BCUT2D eigenvalue weighted by Crippen LogP contribution is -2.09. The Morgan fingerprint density at radius 1 is 1.12 bits per heavy atom. The van der Waals surface area contributed by atoms with E-state index in [0.717, 1.165) is 5.39 Å². The molecular weight excluding hydrogens is 342 g/mol. The van der Waals surface area contributed by atoms with Crippen molar-refractivity contribution in [3.05, 3.63) is 69.5 Å². The Kier molecular flexibility index (Phi) is 3.58. The van der Waals surface area contributed by atoms with Crippen LogP contribution in [0.3, 0.4) is 0 Å². The van der Waals surface area contributed by atoms with E-state index in [1.165, 1.54) is 0 Å². The highest BCUT2D eigenvalue weighted by Crippen LogP contribution is 2.35. The molecule has 0 fully saturated rings. The minimum Gasteiger partial charge on any atom is -0.481 e. The van der Waals surface area contributed by atoms with Gasteiger partial charge < -0.3 is 14.5 Å². The summed E-state index contributed by atoms with van der Waals surface area (Å²) in [5, 5.41) is 10.8. The molecule has 6 heteroatoms.